The Labute approximate surface area is 182 Å². The Balaban J connectivity index is 1.20. The molecule has 0 radical (unpaired) electrons. The quantitative estimate of drug-likeness (QED) is 0.501. The lowest BCUT2D eigenvalue weighted by molar-refractivity contribution is 0.114. The number of aliphatic hydroxyl groups is 1. The summed E-state index contributed by atoms with van der Waals surface area (Å²) in [4.78, 5) is 2.34. The fourth-order valence-electron chi connectivity index (χ4n) is 4.44. The zero-order valence-corrected chi connectivity index (χ0v) is 17.8. The molecule has 3 aromatic carbocycles. The second-order valence-corrected chi connectivity index (χ2v) is 8.45. The summed E-state index contributed by atoms with van der Waals surface area (Å²) in [5.41, 5.74) is 7.11. The van der Waals surface area contributed by atoms with Crippen LogP contribution in [-0.2, 0) is 20.0 Å². The van der Waals surface area contributed by atoms with Gasteiger partial charge in [-0.2, -0.15) is 5.10 Å². The van der Waals surface area contributed by atoms with Gasteiger partial charge in [-0.05, 0) is 46.9 Å². The number of aryl methyl sites for hydroxylation is 1. The molecule has 4 aromatic rings. The van der Waals surface area contributed by atoms with Crippen molar-refractivity contribution in [3.63, 3.8) is 0 Å². The van der Waals surface area contributed by atoms with Crippen molar-refractivity contribution in [1.82, 2.24) is 14.7 Å². The van der Waals surface area contributed by atoms with Crippen molar-refractivity contribution in [2.75, 3.05) is 25.0 Å². The van der Waals surface area contributed by atoms with Gasteiger partial charge < -0.3 is 10.4 Å². The first-order chi connectivity index (χ1) is 15.1. The van der Waals surface area contributed by atoms with Gasteiger partial charge in [0.05, 0.1) is 11.6 Å². The topological polar surface area (TPSA) is 53.3 Å². The summed E-state index contributed by atoms with van der Waals surface area (Å²) in [5.74, 6) is 0. The summed E-state index contributed by atoms with van der Waals surface area (Å²) < 4.78 is 1.84. The van der Waals surface area contributed by atoms with Crippen molar-refractivity contribution in [3.05, 3.63) is 84.1 Å². The fraction of sp³-hybridized carbons (Fsp3) is 0.269. The first kappa shape index (κ1) is 19.8. The van der Waals surface area contributed by atoms with Gasteiger partial charge >= 0.3 is 0 Å². The third kappa shape index (κ3) is 4.48. The lowest BCUT2D eigenvalue weighted by Crippen LogP contribution is -2.39. The normalized spacial score (nSPS) is 15.0. The van der Waals surface area contributed by atoms with Crippen LogP contribution in [0.25, 0.3) is 22.0 Å². The molecule has 5 nitrogen and oxygen atoms in total. The van der Waals surface area contributed by atoms with Crippen LogP contribution in [-0.4, -0.2) is 45.5 Å². The Kier molecular flexibility index (Phi) is 5.45. The predicted molar refractivity (Wildman–Crippen MR) is 126 cm³/mol. The molecule has 1 unspecified atom stereocenters. The minimum absolute atomic E-state index is 0.418. The molecule has 1 aliphatic heterocycles. The molecule has 5 rings (SSSR count). The molecule has 0 bridgehead atoms. The molecule has 2 heterocycles. The van der Waals surface area contributed by atoms with E-state index in [1.54, 1.807) is 0 Å². The van der Waals surface area contributed by atoms with Crippen molar-refractivity contribution >= 4 is 16.6 Å². The summed E-state index contributed by atoms with van der Waals surface area (Å²) in [5, 5.41) is 19.7. The molecule has 0 saturated carbocycles. The Morgan fingerprint density at radius 2 is 1.84 bits per heavy atom. The zero-order chi connectivity index (χ0) is 21.2. The predicted octanol–water partition coefficient (Wildman–Crippen LogP) is 4.07. The van der Waals surface area contributed by atoms with Gasteiger partial charge in [0.25, 0.3) is 0 Å². The number of aliphatic hydroxyl groups excluding tert-OH is 1. The van der Waals surface area contributed by atoms with Crippen LogP contribution in [0.4, 0.5) is 5.69 Å². The molecule has 0 fully saturated rings. The molecule has 1 aliphatic rings. The SMILES string of the molecule is Cn1cc2ccc(-c3cccc(NCC(O)CN4CCc5ccccc5C4)c3)cc2n1. The molecule has 1 aromatic heterocycles. The highest BCUT2D eigenvalue weighted by Crippen LogP contribution is 2.26. The van der Waals surface area contributed by atoms with E-state index in [0.717, 1.165) is 47.2 Å². The highest BCUT2D eigenvalue weighted by molar-refractivity contribution is 5.84. The second-order valence-electron chi connectivity index (χ2n) is 8.45. The number of hydrogen-bond acceptors (Lipinski definition) is 4. The maximum Gasteiger partial charge on any atom is 0.0929 e. The van der Waals surface area contributed by atoms with Crippen molar-refractivity contribution < 1.29 is 5.11 Å². The standard InChI is InChI=1S/C26H28N4O/c1-29-16-23-10-9-21(14-26(23)28-29)20-7-4-8-24(13-20)27-15-25(31)18-30-12-11-19-5-2-3-6-22(19)17-30/h2-10,13-14,16,25,27,31H,11-12,15,17-18H2,1H3. The van der Waals surface area contributed by atoms with Gasteiger partial charge in [0, 0.05) is 50.5 Å². The second kappa shape index (κ2) is 8.53. The van der Waals surface area contributed by atoms with E-state index in [4.69, 9.17) is 0 Å². The van der Waals surface area contributed by atoms with Crippen molar-refractivity contribution in [2.45, 2.75) is 19.1 Å². The van der Waals surface area contributed by atoms with Crippen LogP contribution >= 0.6 is 0 Å². The van der Waals surface area contributed by atoms with Crippen LogP contribution in [0.2, 0.25) is 0 Å². The summed E-state index contributed by atoms with van der Waals surface area (Å²) >= 11 is 0. The van der Waals surface area contributed by atoms with Crippen molar-refractivity contribution in [2.24, 2.45) is 7.05 Å². The van der Waals surface area contributed by atoms with Crippen LogP contribution in [0.1, 0.15) is 11.1 Å². The Bertz CT molecular complexity index is 1200. The summed E-state index contributed by atoms with van der Waals surface area (Å²) in [6, 6.07) is 23.3. The van der Waals surface area contributed by atoms with E-state index in [1.807, 2.05) is 30.1 Å². The lowest BCUT2D eigenvalue weighted by atomic mass is 10.00. The van der Waals surface area contributed by atoms with Crippen molar-refractivity contribution in [3.8, 4) is 11.1 Å². The number of nitrogens with one attached hydrogen (secondary N) is 1. The van der Waals surface area contributed by atoms with Crippen LogP contribution in [0.5, 0.6) is 0 Å². The highest BCUT2D eigenvalue weighted by atomic mass is 16.3. The number of fused-ring (bicyclic) bond motifs is 2. The molecule has 5 heteroatoms. The Morgan fingerprint density at radius 1 is 1.00 bits per heavy atom. The number of nitrogens with zero attached hydrogens (tertiary/aromatic N) is 3. The number of hydrogen-bond donors (Lipinski definition) is 2. The van der Waals surface area contributed by atoms with E-state index < -0.39 is 6.10 Å². The minimum Gasteiger partial charge on any atom is -0.390 e. The van der Waals surface area contributed by atoms with Gasteiger partial charge in [0.1, 0.15) is 0 Å². The summed E-state index contributed by atoms with van der Waals surface area (Å²) in [6.45, 7) is 3.12. The van der Waals surface area contributed by atoms with E-state index >= 15 is 0 Å². The number of benzene rings is 3. The average molecular weight is 413 g/mol. The number of anilines is 1. The largest absolute Gasteiger partial charge is 0.390 e. The van der Waals surface area contributed by atoms with Crippen LogP contribution in [0.3, 0.4) is 0 Å². The van der Waals surface area contributed by atoms with Gasteiger partial charge in [0.15, 0.2) is 0 Å². The number of aromatic nitrogens is 2. The lowest BCUT2D eigenvalue weighted by Gasteiger charge is -2.30. The van der Waals surface area contributed by atoms with Crippen LogP contribution in [0, 0.1) is 0 Å². The number of rotatable bonds is 6. The molecule has 0 saturated heterocycles. The first-order valence-corrected chi connectivity index (χ1v) is 10.9. The molecular weight excluding hydrogens is 384 g/mol. The van der Waals surface area contributed by atoms with Gasteiger partial charge in [-0.25, -0.2) is 0 Å². The third-order valence-corrected chi connectivity index (χ3v) is 6.04. The first-order valence-electron chi connectivity index (χ1n) is 10.9. The highest BCUT2D eigenvalue weighted by Gasteiger charge is 2.18. The molecule has 0 spiro atoms. The summed E-state index contributed by atoms with van der Waals surface area (Å²) in [7, 11) is 1.94. The molecule has 0 aliphatic carbocycles. The van der Waals surface area contributed by atoms with Gasteiger partial charge in [0.2, 0.25) is 0 Å². The average Bonchev–Trinajstić information content (AvgIpc) is 3.17. The van der Waals surface area contributed by atoms with E-state index in [9.17, 15) is 5.11 Å². The Hall–Kier alpha value is -3.15. The van der Waals surface area contributed by atoms with E-state index in [1.165, 1.54) is 11.1 Å². The van der Waals surface area contributed by atoms with Crippen molar-refractivity contribution in [1.29, 1.82) is 0 Å². The molecular formula is C26H28N4O. The van der Waals surface area contributed by atoms with Crippen LogP contribution < -0.4 is 5.32 Å². The van der Waals surface area contributed by atoms with E-state index in [-0.39, 0.29) is 0 Å². The van der Waals surface area contributed by atoms with Gasteiger partial charge in [-0.3, -0.25) is 9.58 Å². The Morgan fingerprint density at radius 3 is 2.74 bits per heavy atom. The van der Waals surface area contributed by atoms with Gasteiger partial charge in [-0.1, -0.05) is 48.5 Å². The molecule has 1 atom stereocenters. The fourth-order valence-corrected chi connectivity index (χ4v) is 4.44. The molecule has 158 valence electrons. The monoisotopic (exact) mass is 412 g/mol. The molecule has 31 heavy (non-hydrogen) atoms. The summed E-state index contributed by atoms with van der Waals surface area (Å²) in [6.07, 6.45) is 2.66. The number of β-amino-alcohol motifs (C(OH)–C–C–N with tert-alkyl or cyclic N) is 1. The zero-order valence-electron chi connectivity index (χ0n) is 17.8. The van der Waals surface area contributed by atoms with Crippen LogP contribution in [0.15, 0.2) is 72.9 Å². The smallest absolute Gasteiger partial charge is 0.0929 e. The van der Waals surface area contributed by atoms with E-state index in [0.29, 0.717) is 13.1 Å². The van der Waals surface area contributed by atoms with E-state index in [2.05, 4.69) is 69.9 Å². The maximum absolute atomic E-state index is 10.6. The van der Waals surface area contributed by atoms with Gasteiger partial charge in [-0.15, -0.1) is 0 Å². The molecule has 2 N–H and O–H groups in total. The maximum atomic E-state index is 10.6. The third-order valence-electron chi connectivity index (χ3n) is 6.04. The molecule has 0 amide bonds. The minimum atomic E-state index is -0.418.